The maximum atomic E-state index is 12.8. The highest BCUT2D eigenvalue weighted by Crippen LogP contribution is 2.29. The molecular formula is C22H19ClN4O2. The number of aryl methyl sites for hydroxylation is 1. The third kappa shape index (κ3) is 3.72. The predicted molar refractivity (Wildman–Crippen MR) is 113 cm³/mol. The van der Waals surface area contributed by atoms with Crippen molar-refractivity contribution in [1.29, 1.82) is 0 Å². The van der Waals surface area contributed by atoms with Crippen LogP contribution in [0.15, 0.2) is 60.8 Å². The Morgan fingerprint density at radius 2 is 1.86 bits per heavy atom. The molecule has 0 atom stereocenters. The summed E-state index contributed by atoms with van der Waals surface area (Å²) in [5.41, 5.74) is 5.15. The molecule has 0 fully saturated rings. The number of fused-ring (bicyclic) bond motifs is 1. The summed E-state index contributed by atoms with van der Waals surface area (Å²) in [4.78, 5) is 17.4. The SMILES string of the molecule is COCc1nn2c(C)c(C(=O)Nc3ccc(Cl)cc3)cnc2c1-c1ccccc1. The fourth-order valence-electron chi connectivity index (χ4n) is 3.23. The maximum absolute atomic E-state index is 12.8. The lowest BCUT2D eigenvalue weighted by Gasteiger charge is -2.09. The normalized spacial score (nSPS) is 11.0. The van der Waals surface area contributed by atoms with Crippen molar-refractivity contribution in [3.05, 3.63) is 82.8 Å². The number of amides is 1. The van der Waals surface area contributed by atoms with Crippen molar-refractivity contribution in [2.75, 3.05) is 12.4 Å². The monoisotopic (exact) mass is 406 g/mol. The number of hydrogen-bond donors (Lipinski definition) is 1. The number of rotatable bonds is 5. The molecule has 0 saturated carbocycles. The van der Waals surface area contributed by atoms with Crippen molar-refractivity contribution < 1.29 is 9.53 Å². The third-order valence-electron chi connectivity index (χ3n) is 4.65. The van der Waals surface area contributed by atoms with Gasteiger partial charge in [-0.15, -0.1) is 0 Å². The van der Waals surface area contributed by atoms with Gasteiger partial charge in [-0.05, 0) is 36.8 Å². The van der Waals surface area contributed by atoms with Gasteiger partial charge in [0.25, 0.3) is 5.91 Å². The molecule has 0 aliphatic carbocycles. The molecule has 146 valence electrons. The van der Waals surface area contributed by atoms with E-state index < -0.39 is 0 Å². The number of nitrogens with zero attached hydrogens (tertiary/aromatic N) is 3. The van der Waals surface area contributed by atoms with Gasteiger partial charge in [0.2, 0.25) is 0 Å². The van der Waals surface area contributed by atoms with E-state index in [2.05, 4.69) is 15.4 Å². The Morgan fingerprint density at radius 3 is 2.55 bits per heavy atom. The van der Waals surface area contributed by atoms with E-state index >= 15 is 0 Å². The van der Waals surface area contributed by atoms with Crippen LogP contribution in [-0.2, 0) is 11.3 Å². The van der Waals surface area contributed by atoms with E-state index in [1.54, 1.807) is 42.1 Å². The molecule has 29 heavy (non-hydrogen) atoms. The minimum absolute atomic E-state index is 0.260. The van der Waals surface area contributed by atoms with Gasteiger partial charge in [-0.3, -0.25) is 4.79 Å². The van der Waals surface area contributed by atoms with Crippen molar-refractivity contribution in [2.45, 2.75) is 13.5 Å². The maximum Gasteiger partial charge on any atom is 0.259 e. The van der Waals surface area contributed by atoms with Crippen LogP contribution in [0.25, 0.3) is 16.8 Å². The van der Waals surface area contributed by atoms with Crippen LogP contribution >= 0.6 is 11.6 Å². The first kappa shape index (κ1) is 19.1. The highest BCUT2D eigenvalue weighted by molar-refractivity contribution is 6.30. The van der Waals surface area contributed by atoms with Crippen molar-refractivity contribution in [1.82, 2.24) is 14.6 Å². The molecule has 2 aromatic carbocycles. The van der Waals surface area contributed by atoms with E-state index in [0.29, 0.717) is 34.2 Å². The quantitative estimate of drug-likeness (QED) is 0.519. The predicted octanol–water partition coefficient (Wildman–Crippen LogP) is 4.76. The molecule has 4 rings (SSSR count). The first-order valence-corrected chi connectivity index (χ1v) is 9.44. The second-order valence-electron chi connectivity index (χ2n) is 6.57. The van der Waals surface area contributed by atoms with Crippen molar-refractivity contribution in [3.63, 3.8) is 0 Å². The molecule has 2 heterocycles. The molecule has 0 radical (unpaired) electrons. The lowest BCUT2D eigenvalue weighted by Crippen LogP contribution is -2.16. The molecule has 2 aromatic heterocycles. The summed E-state index contributed by atoms with van der Waals surface area (Å²) in [5.74, 6) is -0.260. The van der Waals surface area contributed by atoms with E-state index in [0.717, 1.165) is 16.8 Å². The molecule has 0 aliphatic rings. The summed E-state index contributed by atoms with van der Waals surface area (Å²) in [7, 11) is 1.63. The molecule has 1 amide bonds. The first-order chi connectivity index (χ1) is 14.1. The topological polar surface area (TPSA) is 68.5 Å². The summed E-state index contributed by atoms with van der Waals surface area (Å²) >= 11 is 5.90. The highest BCUT2D eigenvalue weighted by Gasteiger charge is 2.20. The molecule has 4 aromatic rings. The number of nitrogens with one attached hydrogen (secondary N) is 1. The Hall–Kier alpha value is -3.22. The zero-order valence-corrected chi connectivity index (χ0v) is 16.8. The van der Waals surface area contributed by atoms with Crippen LogP contribution in [0.1, 0.15) is 21.7 Å². The highest BCUT2D eigenvalue weighted by atomic mass is 35.5. The molecule has 6 nitrogen and oxygen atoms in total. The van der Waals surface area contributed by atoms with Gasteiger partial charge >= 0.3 is 0 Å². The van der Waals surface area contributed by atoms with Crippen molar-refractivity contribution >= 4 is 28.8 Å². The van der Waals surface area contributed by atoms with E-state index in [1.165, 1.54) is 0 Å². The van der Waals surface area contributed by atoms with Crippen LogP contribution in [-0.4, -0.2) is 27.6 Å². The van der Waals surface area contributed by atoms with Crippen LogP contribution in [0.5, 0.6) is 0 Å². The van der Waals surface area contributed by atoms with Gasteiger partial charge in [-0.25, -0.2) is 9.50 Å². The smallest absolute Gasteiger partial charge is 0.259 e. The molecule has 0 aliphatic heterocycles. The van der Waals surface area contributed by atoms with Gasteiger partial charge in [0.15, 0.2) is 5.65 Å². The van der Waals surface area contributed by atoms with Crippen LogP contribution in [0, 0.1) is 6.92 Å². The fourth-order valence-corrected chi connectivity index (χ4v) is 3.36. The molecule has 0 spiro atoms. The zero-order valence-electron chi connectivity index (χ0n) is 16.0. The molecule has 7 heteroatoms. The van der Waals surface area contributed by atoms with Crippen molar-refractivity contribution in [3.8, 4) is 11.1 Å². The zero-order chi connectivity index (χ0) is 20.4. The average molecular weight is 407 g/mol. The van der Waals surface area contributed by atoms with Gasteiger partial charge < -0.3 is 10.1 Å². The molecule has 0 unspecified atom stereocenters. The van der Waals surface area contributed by atoms with Crippen LogP contribution < -0.4 is 5.32 Å². The number of benzene rings is 2. The van der Waals surface area contributed by atoms with Crippen LogP contribution in [0.4, 0.5) is 5.69 Å². The van der Waals surface area contributed by atoms with Gasteiger partial charge in [-0.1, -0.05) is 41.9 Å². The van der Waals surface area contributed by atoms with Gasteiger partial charge in [0, 0.05) is 24.0 Å². The summed E-state index contributed by atoms with van der Waals surface area (Å²) < 4.78 is 7.03. The number of halogens is 1. The Labute approximate surface area is 173 Å². The first-order valence-electron chi connectivity index (χ1n) is 9.07. The summed E-state index contributed by atoms with van der Waals surface area (Å²) in [6.45, 7) is 2.20. The third-order valence-corrected chi connectivity index (χ3v) is 4.90. The van der Waals surface area contributed by atoms with E-state index in [-0.39, 0.29) is 5.91 Å². The lowest BCUT2D eigenvalue weighted by atomic mass is 10.1. The van der Waals surface area contributed by atoms with Gasteiger partial charge in [0.1, 0.15) is 0 Å². The van der Waals surface area contributed by atoms with E-state index in [9.17, 15) is 4.79 Å². The standard InChI is InChI=1S/C22H19ClN4O2/c1-14-18(22(28)25-17-10-8-16(23)9-11-17)12-24-21-20(15-6-4-3-5-7-15)19(13-29-2)26-27(14)21/h3-12H,13H2,1-2H3,(H,25,28). The lowest BCUT2D eigenvalue weighted by molar-refractivity contribution is 0.102. The second kappa shape index (κ2) is 8.03. The molecule has 0 bridgehead atoms. The molecular weight excluding hydrogens is 388 g/mol. The van der Waals surface area contributed by atoms with E-state index in [4.69, 9.17) is 16.3 Å². The van der Waals surface area contributed by atoms with E-state index in [1.807, 2.05) is 37.3 Å². The minimum atomic E-state index is -0.260. The number of ether oxygens (including phenoxy) is 1. The van der Waals surface area contributed by atoms with Crippen LogP contribution in [0.3, 0.4) is 0 Å². The summed E-state index contributed by atoms with van der Waals surface area (Å²) in [6, 6.07) is 16.9. The van der Waals surface area contributed by atoms with Crippen LogP contribution in [0.2, 0.25) is 5.02 Å². The second-order valence-corrected chi connectivity index (χ2v) is 7.01. The summed E-state index contributed by atoms with van der Waals surface area (Å²) in [5, 5.41) is 8.15. The minimum Gasteiger partial charge on any atom is -0.378 e. The van der Waals surface area contributed by atoms with Gasteiger partial charge in [0.05, 0.1) is 29.1 Å². The number of aromatic nitrogens is 3. The average Bonchev–Trinajstić information content (AvgIpc) is 3.10. The van der Waals surface area contributed by atoms with Gasteiger partial charge in [-0.2, -0.15) is 5.10 Å². The Kier molecular flexibility index (Phi) is 5.29. The number of carbonyl (C=O) groups excluding carboxylic acids is 1. The molecule has 0 saturated heterocycles. The Balaban J connectivity index is 1.77. The largest absolute Gasteiger partial charge is 0.378 e. The van der Waals surface area contributed by atoms with Crippen molar-refractivity contribution in [2.24, 2.45) is 0 Å². The number of anilines is 1. The number of carbonyl (C=O) groups is 1. The summed E-state index contributed by atoms with van der Waals surface area (Å²) in [6.07, 6.45) is 1.58. The fraction of sp³-hybridized carbons (Fsp3) is 0.136. The number of hydrogen-bond acceptors (Lipinski definition) is 4. The molecule has 1 N–H and O–H groups in total. The Bertz CT molecular complexity index is 1170. The Morgan fingerprint density at radius 1 is 1.14 bits per heavy atom. The number of methoxy groups -OCH3 is 1.